The molecule has 1 aliphatic rings. The molecule has 0 amide bonds. The Balaban J connectivity index is 1.48. The van der Waals surface area contributed by atoms with Gasteiger partial charge in [-0.05, 0) is 61.7 Å². The monoisotopic (exact) mass is 419 g/mol. The largest absolute Gasteiger partial charge is 0.331 e. The molecule has 4 aromatic rings. The van der Waals surface area contributed by atoms with E-state index in [2.05, 4.69) is 40.1 Å². The summed E-state index contributed by atoms with van der Waals surface area (Å²) in [6.45, 7) is 5.53. The van der Waals surface area contributed by atoms with Crippen LogP contribution in [-0.2, 0) is 6.54 Å². The molecule has 0 saturated carbocycles. The van der Waals surface area contributed by atoms with E-state index in [1.807, 2.05) is 26.0 Å². The van der Waals surface area contributed by atoms with Gasteiger partial charge in [0.1, 0.15) is 5.69 Å². The Morgan fingerprint density at radius 1 is 1.00 bits per heavy atom. The number of hydrogen-bond acceptors (Lipinski definition) is 7. The lowest BCUT2D eigenvalue weighted by Crippen LogP contribution is -2.30. The van der Waals surface area contributed by atoms with Crippen molar-refractivity contribution in [2.24, 2.45) is 0 Å². The molecule has 1 unspecified atom stereocenters. The minimum Gasteiger partial charge on any atom is -0.331 e. The third kappa shape index (κ3) is 3.54. The van der Waals surface area contributed by atoms with Gasteiger partial charge in [-0.3, -0.25) is 9.55 Å². The number of rotatable bonds is 4. The quantitative estimate of drug-likeness (QED) is 0.502. The van der Waals surface area contributed by atoms with Gasteiger partial charge in [0.05, 0.1) is 6.04 Å². The number of hydrogen-bond donors (Lipinski definition) is 0. The molecule has 0 fully saturated rings. The molecule has 5 rings (SSSR count). The van der Waals surface area contributed by atoms with Crippen molar-refractivity contribution in [2.75, 3.05) is 11.4 Å². The second-order valence-electron chi connectivity index (χ2n) is 7.68. The Labute approximate surface area is 178 Å². The van der Waals surface area contributed by atoms with E-state index in [9.17, 15) is 4.39 Å². The average molecular weight is 419 g/mol. The van der Waals surface area contributed by atoms with Crippen LogP contribution < -0.4 is 4.90 Å². The first kappa shape index (κ1) is 19.3. The van der Waals surface area contributed by atoms with Crippen LogP contribution in [0.5, 0.6) is 0 Å². The molecule has 9 nitrogen and oxygen atoms in total. The van der Waals surface area contributed by atoms with Crippen molar-refractivity contribution < 1.29 is 4.39 Å². The average Bonchev–Trinajstić information content (AvgIpc) is 3.39. The van der Waals surface area contributed by atoms with Crippen LogP contribution in [0.2, 0.25) is 0 Å². The SMILES string of the molecule is Cc1ccc(F)c(-n2nnc(C(C)N3CCCCn4c(-c5ccncc5)nnc43)n2)c1. The molecule has 10 heteroatoms. The first-order chi connectivity index (χ1) is 15.1. The van der Waals surface area contributed by atoms with E-state index >= 15 is 0 Å². The smallest absolute Gasteiger partial charge is 0.228 e. The Kier molecular flexibility index (Phi) is 4.89. The Hall–Kier alpha value is -3.69. The van der Waals surface area contributed by atoms with Crippen molar-refractivity contribution in [3.8, 4) is 17.1 Å². The van der Waals surface area contributed by atoms with Gasteiger partial charge in [0, 0.05) is 31.0 Å². The molecule has 0 radical (unpaired) electrons. The molecular weight excluding hydrogens is 397 g/mol. The maximum Gasteiger partial charge on any atom is 0.228 e. The second kappa shape index (κ2) is 7.86. The van der Waals surface area contributed by atoms with Crippen molar-refractivity contribution >= 4 is 5.95 Å². The summed E-state index contributed by atoms with van der Waals surface area (Å²) in [5.41, 5.74) is 2.18. The summed E-state index contributed by atoms with van der Waals surface area (Å²) in [6, 6.07) is 8.49. The van der Waals surface area contributed by atoms with Crippen molar-refractivity contribution in [1.29, 1.82) is 0 Å². The van der Waals surface area contributed by atoms with Gasteiger partial charge in [-0.25, -0.2) is 4.39 Å². The topological polar surface area (TPSA) is 90.4 Å². The maximum absolute atomic E-state index is 14.3. The number of pyridine rings is 1. The number of aromatic nitrogens is 8. The second-order valence-corrected chi connectivity index (χ2v) is 7.68. The zero-order valence-corrected chi connectivity index (χ0v) is 17.4. The Bertz CT molecular complexity index is 1200. The molecule has 3 aromatic heterocycles. The number of nitrogens with zero attached hydrogens (tertiary/aromatic N) is 9. The summed E-state index contributed by atoms with van der Waals surface area (Å²) >= 11 is 0. The van der Waals surface area contributed by atoms with Crippen molar-refractivity contribution in [3.05, 3.63) is 59.9 Å². The molecular formula is C21H22FN9. The molecule has 0 aliphatic carbocycles. The van der Waals surface area contributed by atoms with E-state index in [0.29, 0.717) is 5.82 Å². The van der Waals surface area contributed by atoms with Crippen LogP contribution in [0.1, 0.15) is 37.2 Å². The lowest BCUT2D eigenvalue weighted by atomic mass is 10.2. The molecule has 0 spiro atoms. The summed E-state index contributed by atoms with van der Waals surface area (Å²) in [5, 5.41) is 21.7. The van der Waals surface area contributed by atoms with E-state index in [1.165, 1.54) is 10.9 Å². The lowest BCUT2D eigenvalue weighted by Gasteiger charge is -2.26. The van der Waals surface area contributed by atoms with Crippen LogP contribution in [0.4, 0.5) is 10.3 Å². The molecule has 0 N–H and O–H groups in total. The molecule has 158 valence electrons. The van der Waals surface area contributed by atoms with Gasteiger partial charge in [0.15, 0.2) is 17.5 Å². The number of tetrazole rings is 1. The normalized spacial score (nSPS) is 14.9. The maximum atomic E-state index is 14.3. The van der Waals surface area contributed by atoms with Gasteiger partial charge in [0.2, 0.25) is 5.95 Å². The zero-order valence-electron chi connectivity index (χ0n) is 17.4. The highest BCUT2D eigenvalue weighted by Gasteiger charge is 2.28. The predicted molar refractivity (Wildman–Crippen MR) is 112 cm³/mol. The fourth-order valence-corrected chi connectivity index (χ4v) is 3.86. The van der Waals surface area contributed by atoms with Crippen molar-refractivity contribution in [3.63, 3.8) is 0 Å². The molecule has 0 saturated heterocycles. The molecule has 31 heavy (non-hydrogen) atoms. The third-order valence-electron chi connectivity index (χ3n) is 5.54. The standard InChI is InChI=1S/C21H22FN9/c1-14-5-6-17(22)18(13-14)31-27-19(24-28-31)15(2)29-11-3-4-12-30-20(25-26-21(29)30)16-7-9-23-10-8-16/h5-10,13,15H,3-4,11-12H2,1-2H3. The lowest BCUT2D eigenvalue weighted by molar-refractivity contribution is 0.584. The zero-order chi connectivity index (χ0) is 21.4. The van der Waals surface area contributed by atoms with E-state index in [0.717, 1.165) is 48.8 Å². The predicted octanol–water partition coefficient (Wildman–Crippen LogP) is 3.12. The van der Waals surface area contributed by atoms with Gasteiger partial charge >= 0.3 is 0 Å². The fraction of sp³-hybridized carbons (Fsp3) is 0.333. The van der Waals surface area contributed by atoms with Crippen LogP contribution >= 0.6 is 0 Å². The number of fused-ring (bicyclic) bond motifs is 1. The Morgan fingerprint density at radius 3 is 2.65 bits per heavy atom. The van der Waals surface area contributed by atoms with Gasteiger partial charge in [-0.2, -0.15) is 0 Å². The van der Waals surface area contributed by atoms with E-state index in [-0.39, 0.29) is 11.7 Å². The van der Waals surface area contributed by atoms with Gasteiger partial charge in [0.25, 0.3) is 0 Å². The van der Waals surface area contributed by atoms with Gasteiger partial charge in [-0.1, -0.05) is 6.07 Å². The summed E-state index contributed by atoms with van der Waals surface area (Å²) < 4.78 is 16.4. The Morgan fingerprint density at radius 2 is 1.81 bits per heavy atom. The van der Waals surface area contributed by atoms with E-state index in [4.69, 9.17) is 0 Å². The summed E-state index contributed by atoms with van der Waals surface area (Å²) in [5.74, 6) is 1.70. The molecule has 1 atom stereocenters. The van der Waals surface area contributed by atoms with Crippen LogP contribution in [0.15, 0.2) is 42.7 Å². The third-order valence-corrected chi connectivity index (χ3v) is 5.54. The summed E-state index contributed by atoms with van der Waals surface area (Å²) in [6.07, 6.45) is 5.52. The van der Waals surface area contributed by atoms with E-state index < -0.39 is 5.82 Å². The van der Waals surface area contributed by atoms with E-state index in [1.54, 1.807) is 24.5 Å². The van der Waals surface area contributed by atoms with Gasteiger partial charge < -0.3 is 4.90 Å². The number of halogens is 1. The summed E-state index contributed by atoms with van der Waals surface area (Å²) in [4.78, 5) is 7.47. The van der Waals surface area contributed by atoms with Crippen LogP contribution in [0, 0.1) is 12.7 Å². The number of anilines is 1. The van der Waals surface area contributed by atoms with Crippen LogP contribution in [-0.4, -0.2) is 46.5 Å². The first-order valence-electron chi connectivity index (χ1n) is 10.3. The highest BCUT2D eigenvalue weighted by Crippen LogP contribution is 2.30. The van der Waals surface area contributed by atoms with Crippen molar-refractivity contribution in [1.82, 2.24) is 40.0 Å². The van der Waals surface area contributed by atoms with Crippen LogP contribution in [0.3, 0.4) is 0 Å². The highest BCUT2D eigenvalue weighted by atomic mass is 19.1. The highest BCUT2D eigenvalue weighted by molar-refractivity contribution is 5.57. The first-order valence-corrected chi connectivity index (χ1v) is 10.3. The van der Waals surface area contributed by atoms with Gasteiger partial charge in [-0.15, -0.1) is 25.2 Å². The fourth-order valence-electron chi connectivity index (χ4n) is 3.86. The molecule has 1 aliphatic heterocycles. The summed E-state index contributed by atoms with van der Waals surface area (Å²) in [7, 11) is 0. The minimum absolute atomic E-state index is 0.201. The van der Waals surface area contributed by atoms with Crippen molar-refractivity contribution in [2.45, 2.75) is 39.3 Å². The molecule has 1 aromatic carbocycles. The molecule has 0 bridgehead atoms. The minimum atomic E-state index is -0.390. The number of aryl methyl sites for hydroxylation is 1. The molecule has 4 heterocycles. The number of benzene rings is 1. The van der Waals surface area contributed by atoms with Crippen LogP contribution in [0.25, 0.3) is 17.1 Å².